The fraction of sp³-hybridized carbons (Fsp3) is 0.412. The van der Waals surface area contributed by atoms with Gasteiger partial charge in [-0.25, -0.2) is 13.2 Å². The van der Waals surface area contributed by atoms with E-state index in [4.69, 9.17) is 20.8 Å². The van der Waals surface area contributed by atoms with Gasteiger partial charge >= 0.3 is 11.6 Å². The Morgan fingerprint density at radius 3 is 2.80 bits per heavy atom. The van der Waals surface area contributed by atoms with Crippen LogP contribution in [0.1, 0.15) is 24.0 Å². The second-order valence-electron chi connectivity index (χ2n) is 6.32. The van der Waals surface area contributed by atoms with Gasteiger partial charge in [-0.15, -0.1) is 0 Å². The van der Waals surface area contributed by atoms with Crippen molar-refractivity contribution in [2.75, 3.05) is 11.5 Å². The summed E-state index contributed by atoms with van der Waals surface area (Å²) in [7, 11) is -3.03. The highest BCUT2D eigenvalue weighted by molar-refractivity contribution is 7.91. The molecule has 8 heteroatoms. The molecule has 1 aliphatic rings. The fourth-order valence-electron chi connectivity index (χ4n) is 2.95. The maximum absolute atomic E-state index is 12.0. The molecule has 0 spiro atoms. The summed E-state index contributed by atoms with van der Waals surface area (Å²) < 4.78 is 33.3. The number of ether oxygens (including phenoxy) is 1. The molecule has 1 aromatic carbocycles. The van der Waals surface area contributed by atoms with Gasteiger partial charge in [-0.3, -0.25) is 4.79 Å². The lowest BCUT2D eigenvalue weighted by molar-refractivity contribution is -0.145. The molecule has 2 aromatic rings. The van der Waals surface area contributed by atoms with E-state index in [9.17, 15) is 18.0 Å². The van der Waals surface area contributed by atoms with Crippen molar-refractivity contribution in [1.82, 2.24) is 0 Å². The van der Waals surface area contributed by atoms with Gasteiger partial charge in [0.2, 0.25) is 0 Å². The van der Waals surface area contributed by atoms with Crippen molar-refractivity contribution in [1.29, 1.82) is 0 Å². The Labute approximate surface area is 149 Å². The molecule has 0 radical (unpaired) electrons. The third kappa shape index (κ3) is 4.22. The first kappa shape index (κ1) is 17.9. The Balaban J connectivity index is 1.73. The van der Waals surface area contributed by atoms with E-state index < -0.39 is 21.4 Å². The monoisotopic (exact) mass is 384 g/mol. The van der Waals surface area contributed by atoms with Gasteiger partial charge in [0.15, 0.2) is 9.84 Å². The van der Waals surface area contributed by atoms with Crippen molar-refractivity contribution >= 4 is 38.4 Å². The quantitative estimate of drug-likeness (QED) is 0.594. The number of hydrogen-bond donors (Lipinski definition) is 0. The Morgan fingerprint density at radius 2 is 2.12 bits per heavy atom. The molecular weight excluding hydrogens is 368 g/mol. The molecule has 1 saturated heterocycles. The number of fused-ring (bicyclic) bond motifs is 1. The first-order chi connectivity index (χ1) is 11.7. The predicted octanol–water partition coefficient (Wildman–Crippen LogP) is 2.62. The van der Waals surface area contributed by atoms with E-state index in [1.165, 1.54) is 6.07 Å². The van der Waals surface area contributed by atoms with Gasteiger partial charge in [0.25, 0.3) is 0 Å². The molecule has 0 N–H and O–H groups in total. The summed E-state index contributed by atoms with van der Waals surface area (Å²) in [5.74, 6) is -0.545. The fourth-order valence-corrected chi connectivity index (χ4v) is 4.98. The Bertz CT molecular complexity index is 992. The molecule has 2 heterocycles. The number of carbonyl (C=O) groups excluding carboxylic acids is 1. The molecule has 0 amide bonds. The maximum atomic E-state index is 12.0. The molecule has 0 aliphatic carbocycles. The van der Waals surface area contributed by atoms with Crippen LogP contribution in [0.3, 0.4) is 0 Å². The average molecular weight is 385 g/mol. The minimum atomic E-state index is -3.03. The maximum Gasteiger partial charge on any atom is 0.336 e. The standard InChI is InChI=1S/C17H17ClO6S/c1-10-4-15-13(7-14(10)18)12(6-17(20)24-15)8-23-16(19)5-11-2-3-25(21,22)9-11/h4,6-7,11H,2-3,5,8-9H2,1H3. The highest BCUT2D eigenvalue weighted by atomic mass is 35.5. The normalized spacial score (nSPS) is 19.2. The molecule has 3 rings (SSSR count). The van der Waals surface area contributed by atoms with Gasteiger partial charge in [0, 0.05) is 28.5 Å². The van der Waals surface area contributed by atoms with Gasteiger partial charge in [0.1, 0.15) is 12.2 Å². The summed E-state index contributed by atoms with van der Waals surface area (Å²) >= 11 is 6.12. The lowest BCUT2D eigenvalue weighted by atomic mass is 10.1. The second-order valence-corrected chi connectivity index (χ2v) is 8.96. The lowest BCUT2D eigenvalue weighted by Gasteiger charge is -2.10. The molecule has 1 aliphatic heterocycles. The number of esters is 1. The first-order valence-corrected chi connectivity index (χ1v) is 10.0. The molecule has 6 nitrogen and oxygen atoms in total. The van der Waals surface area contributed by atoms with Crippen LogP contribution < -0.4 is 5.63 Å². The molecule has 0 bridgehead atoms. The van der Waals surface area contributed by atoms with Crippen LogP contribution >= 0.6 is 11.6 Å². The van der Waals surface area contributed by atoms with E-state index in [0.717, 1.165) is 5.56 Å². The smallest absolute Gasteiger partial charge is 0.336 e. The molecule has 25 heavy (non-hydrogen) atoms. The van der Waals surface area contributed by atoms with Crippen molar-refractivity contribution in [2.24, 2.45) is 5.92 Å². The predicted molar refractivity (Wildman–Crippen MR) is 93.4 cm³/mol. The number of benzene rings is 1. The van der Waals surface area contributed by atoms with Crippen LogP contribution in [-0.2, 0) is 26.0 Å². The Kier molecular flexibility index (Phi) is 4.88. The highest BCUT2D eigenvalue weighted by Gasteiger charge is 2.29. The van der Waals surface area contributed by atoms with E-state index in [1.807, 2.05) is 0 Å². The summed E-state index contributed by atoms with van der Waals surface area (Å²) in [6.07, 6.45) is 0.530. The van der Waals surface area contributed by atoms with Crippen molar-refractivity contribution in [3.05, 3.63) is 44.8 Å². The summed E-state index contributed by atoms with van der Waals surface area (Å²) in [6.45, 7) is 1.70. The number of aryl methyl sites for hydroxylation is 1. The summed E-state index contributed by atoms with van der Waals surface area (Å²) in [5.41, 5.74) is 1.11. The zero-order valence-electron chi connectivity index (χ0n) is 13.6. The van der Waals surface area contributed by atoms with Gasteiger partial charge in [-0.2, -0.15) is 0 Å². The average Bonchev–Trinajstić information content (AvgIpc) is 2.85. The summed E-state index contributed by atoms with van der Waals surface area (Å²) in [5, 5.41) is 1.12. The van der Waals surface area contributed by atoms with Crippen molar-refractivity contribution in [3.8, 4) is 0 Å². The van der Waals surface area contributed by atoms with E-state index in [0.29, 0.717) is 28.0 Å². The van der Waals surface area contributed by atoms with Crippen LogP contribution in [0.15, 0.2) is 27.4 Å². The molecule has 134 valence electrons. The number of hydrogen-bond acceptors (Lipinski definition) is 6. The van der Waals surface area contributed by atoms with E-state index >= 15 is 0 Å². The van der Waals surface area contributed by atoms with E-state index in [-0.39, 0.29) is 30.5 Å². The van der Waals surface area contributed by atoms with Crippen LogP contribution in [0.4, 0.5) is 0 Å². The van der Waals surface area contributed by atoms with Gasteiger partial charge in [0.05, 0.1) is 11.5 Å². The second kappa shape index (κ2) is 6.80. The zero-order valence-corrected chi connectivity index (χ0v) is 15.2. The minimum Gasteiger partial charge on any atom is -0.461 e. The Morgan fingerprint density at radius 1 is 1.36 bits per heavy atom. The van der Waals surface area contributed by atoms with Gasteiger partial charge in [-0.1, -0.05) is 11.6 Å². The number of sulfone groups is 1. The summed E-state index contributed by atoms with van der Waals surface area (Å²) in [6, 6.07) is 4.59. The molecule has 1 unspecified atom stereocenters. The van der Waals surface area contributed by atoms with Crippen LogP contribution in [0.5, 0.6) is 0 Å². The largest absolute Gasteiger partial charge is 0.461 e. The first-order valence-electron chi connectivity index (χ1n) is 7.82. The van der Waals surface area contributed by atoms with Crippen molar-refractivity contribution in [2.45, 2.75) is 26.4 Å². The van der Waals surface area contributed by atoms with Crippen molar-refractivity contribution < 1.29 is 22.4 Å². The number of carbonyl (C=O) groups is 1. The van der Waals surface area contributed by atoms with Crippen LogP contribution in [0.2, 0.25) is 5.02 Å². The van der Waals surface area contributed by atoms with Crippen LogP contribution in [0.25, 0.3) is 11.0 Å². The molecule has 0 saturated carbocycles. The van der Waals surface area contributed by atoms with Gasteiger partial charge in [-0.05, 0) is 37.0 Å². The van der Waals surface area contributed by atoms with Crippen LogP contribution in [-0.4, -0.2) is 25.9 Å². The third-order valence-electron chi connectivity index (χ3n) is 4.28. The van der Waals surface area contributed by atoms with Crippen LogP contribution in [0, 0.1) is 12.8 Å². The van der Waals surface area contributed by atoms with Gasteiger partial charge < -0.3 is 9.15 Å². The molecular formula is C17H17ClO6S. The van der Waals surface area contributed by atoms with E-state index in [1.54, 1.807) is 19.1 Å². The number of rotatable bonds is 4. The SMILES string of the molecule is Cc1cc2oc(=O)cc(COC(=O)CC3CCS(=O)(=O)C3)c2cc1Cl. The molecule has 1 fully saturated rings. The van der Waals surface area contributed by atoms with Crippen molar-refractivity contribution in [3.63, 3.8) is 0 Å². The minimum absolute atomic E-state index is 0.0227. The third-order valence-corrected chi connectivity index (χ3v) is 6.52. The highest BCUT2D eigenvalue weighted by Crippen LogP contribution is 2.26. The molecule has 1 aromatic heterocycles. The summed E-state index contributed by atoms with van der Waals surface area (Å²) in [4.78, 5) is 23.7. The molecule has 1 atom stereocenters. The Hall–Kier alpha value is -1.86. The lowest BCUT2D eigenvalue weighted by Crippen LogP contribution is -2.13. The topological polar surface area (TPSA) is 90.7 Å². The number of halogens is 1. The van der Waals surface area contributed by atoms with E-state index in [2.05, 4.69) is 0 Å². The zero-order chi connectivity index (χ0) is 18.2.